The van der Waals surface area contributed by atoms with Gasteiger partial charge in [-0.05, 0) is 12.1 Å². The average Bonchev–Trinajstić information content (AvgIpc) is 2.56. The number of hydrogen-bond donors (Lipinski definition) is 2. The number of oxime groups is 1. The molecule has 0 atom stereocenters. The summed E-state index contributed by atoms with van der Waals surface area (Å²) in [5.74, 6) is -0.752. The van der Waals surface area contributed by atoms with Crippen LogP contribution in [0.2, 0.25) is 5.02 Å². The van der Waals surface area contributed by atoms with Crippen molar-refractivity contribution in [1.82, 2.24) is 4.90 Å². The maximum absolute atomic E-state index is 11.9. The van der Waals surface area contributed by atoms with Crippen LogP contribution in [0.15, 0.2) is 54.7 Å². The molecule has 0 spiro atoms. The van der Waals surface area contributed by atoms with E-state index in [1.807, 2.05) is 0 Å². The first kappa shape index (κ1) is 20.2. The van der Waals surface area contributed by atoms with Crippen LogP contribution in [0.25, 0.3) is 0 Å². The summed E-state index contributed by atoms with van der Waals surface area (Å²) in [6.45, 7) is 7.59. The number of nitrogens with zero attached hydrogens (tertiary/aromatic N) is 2. The zero-order chi connectivity index (χ0) is 18.7. The van der Waals surface area contributed by atoms with Gasteiger partial charge in [0.05, 0.1) is 17.1 Å². The minimum Gasteiger partial charge on any atom is -0.384 e. The van der Waals surface area contributed by atoms with Gasteiger partial charge in [0.25, 0.3) is 5.91 Å². The molecule has 8 heteroatoms. The van der Waals surface area contributed by atoms with Crippen LogP contribution in [0, 0.1) is 0 Å². The van der Waals surface area contributed by atoms with E-state index in [1.165, 1.54) is 4.90 Å². The molecular formula is C17H21ClN4O3. The van der Waals surface area contributed by atoms with Crippen LogP contribution in [0.4, 0.5) is 5.69 Å². The van der Waals surface area contributed by atoms with Crippen LogP contribution >= 0.6 is 11.6 Å². The van der Waals surface area contributed by atoms with Gasteiger partial charge in [0.1, 0.15) is 5.84 Å². The molecule has 1 rings (SSSR count). The number of halogens is 1. The maximum atomic E-state index is 11.9. The van der Waals surface area contributed by atoms with Gasteiger partial charge in [-0.25, -0.2) is 0 Å². The lowest BCUT2D eigenvalue weighted by molar-refractivity contribution is -0.135. The van der Waals surface area contributed by atoms with Gasteiger partial charge in [-0.1, -0.05) is 41.0 Å². The van der Waals surface area contributed by atoms with E-state index >= 15 is 0 Å². The summed E-state index contributed by atoms with van der Waals surface area (Å²) in [7, 11) is 0. The Hall–Kier alpha value is -2.80. The molecule has 0 saturated carbocycles. The van der Waals surface area contributed by atoms with Gasteiger partial charge in [-0.3, -0.25) is 9.59 Å². The minimum atomic E-state index is -0.399. The van der Waals surface area contributed by atoms with Crippen molar-refractivity contribution >= 4 is 34.9 Å². The predicted molar refractivity (Wildman–Crippen MR) is 99.2 cm³/mol. The van der Waals surface area contributed by atoms with Crippen molar-refractivity contribution in [1.29, 1.82) is 0 Å². The van der Waals surface area contributed by atoms with E-state index in [0.717, 1.165) is 0 Å². The van der Waals surface area contributed by atoms with E-state index in [9.17, 15) is 9.59 Å². The topological polar surface area (TPSA) is 97.0 Å². The fourth-order valence-electron chi connectivity index (χ4n) is 1.81. The van der Waals surface area contributed by atoms with Gasteiger partial charge < -0.3 is 20.8 Å². The molecule has 2 amide bonds. The van der Waals surface area contributed by atoms with Gasteiger partial charge in [-0.15, -0.1) is 13.2 Å². The Balaban J connectivity index is 2.46. The molecule has 1 aromatic carbocycles. The van der Waals surface area contributed by atoms with Gasteiger partial charge >= 0.3 is 0 Å². The number of carbonyl (C=O) groups excluding carboxylic acids is 2. The van der Waals surface area contributed by atoms with Crippen molar-refractivity contribution < 1.29 is 14.4 Å². The van der Waals surface area contributed by atoms with Crippen LogP contribution in [-0.2, 0) is 14.4 Å². The molecular weight excluding hydrogens is 344 g/mol. The van der Waals surface area contributed by atoms with E-state index in [-0.39, 0.29) is 24.8 Å². The summed E-state index contributed by atoms with van der Waals surface area (Å²) < 4.78 is 0. The number of amides is 2. The molecule has 1 aromatic rings. The molecule has 0 bridgehead atoms. The molecule has 0 heterocycles. The van der Waals surface area contributed by atoms with Gasteiger partial charge in [0, 0.05) is 13.1 Å². The lowest BCUT2D eigenvalue weighted by Gasteiger charge is -2.18. The minimum absolute atomic E-state index is 0.0589. The van der Waals surface area contributed by atoms with E-state index in [1.54, 1.807) is 36.4 Å². The van der Waals surface area contributed by atoms with E-state index in [0.29, 0.717) is 23.8 Å². The molecule has 3 N–H and O–H groups in total. The van der Waals surface area contributed by atoms with Crippen LogP contribution in [0.1, 0.15) is 6.42 Å². The summed E-state index contributed by atoms with van der Waals surface area (Å²) in [5, 5.41) is 6.59. The first-order valence-corrected chi connectivity index (χ1v) is 7.84. The van der Waals surface area contributed by atoms with Gasteiger partial charge in [0.15, 0.2) is 6.61 Å². The van der Waals surface area contributed by atoms with Crippen molar-refractivity contribution in [2.75, 3.05) is 25.0 Å². The number of rotatable bonds is 10. The largest absolute Gasteiger partial charge is 0.384 e. The van der Waals surface area contributed by atoms with Crippen molar-refractivity contribution in [3.63, 3.8) is 0 Å². The highest BCUT2D eigenvalue weighted by Gasteiger charge is 2.12. The Bertz CT molecular complexity index is 651. The number of anilines is 1. The third kappa shape index (κ3) is 7.54. The Morgan fingerprint density at radius 2 is 1.92 bits per heavy atom. The fourth-order valence-corrected chi connectivity index (χ4v) is 1.99. The molecule has 0 aliphatic rings. The van der Waals surface area contributed by atoms with Crippen LogP contribution in [0.5, 0.6) is 0 Å². The first-order valence-electron chi connectivity index (χ1n) is 7.46. The lowest BCUT2D eigenvalue weighted by Crippen LogP contribution is -2.34. The number of carbonyl (C=O) groups is 2. The van der Waals surface area contributed by atoms with Crippen molar-refractivity contribution in [3.8, 4) is 0 Å². The Morgan fingerprint density at radius 1 is 1.28 bits per heavy atom. The number of para-hydroxylation sites is 1. The molecule has 0 saturated heterocycles. The molecule has 134 valence electrons. The first-order chi connectivity index (χ1) is 12.0. The highest BCUT2D eigenvalue weighted by atomic mass is 35.5. The number of benzene rings is 1. The summed E-state index contributed by atoms with van der Waals surface area (Å²) in [5.41, 5.74) is 6.09. The van der Waals surface area contributed by atoms with Crippen molar-refractivity contribution in [2.24, 2.45) is 10.9 Å². The highest BCUT2D eigenvalue weighted by Crippen LogP contribution is 2.20. The number of hydrogen-bond acceptors (Lipinski definition) is 4. The van der Waals surface area contributed by atoms with Crippen molar-refractivity contribution in [2.45, 2.75) is 6.42 Å². The quantitative estimate of drug-likeness (QED) is 0.288. The third-order valence-electron chi connectivity index (χ3n) is 2.91. The third-order valence-corrected chi connectivity index (χ3v) is 3.24. The monoisotopic (exact) mass is 364 g/mol. The van der Waals surface area contributed by atoms with E-state index < -0.39 is 5.91 Å². The smallest absolute Gasteiger partial charge is 0.263 e. The Labute approximate surface area is 151 Å². The maximum Gasteiger partial charge on any atom is 0.263 e. The van der Waals surface area contributed by atoms with Crippen LogP contribution in [0.3, 0.4) is 0 Å². The second-order valence-corrected chi connectivity index (χ2v) is 5.34. The summed E-state index contributed by atoms with van der Waals surface area (Å²) >= 11 is 5.95. The summed E-state index contributed by atoms with van der Waals surface area (Å²) in [4.78, 5) is 30.2. The molecule has 0 unspecified atom stereocenters. The van der Waals surface area contributed by atoms with Gasteiger partial charge in [-0.2, -0.15) is 0 Å². The normalized spacial score (nSPS) is 10.7. The van der Waals surface area contributed by atoms with Crippen LogP contribution in [-0.4, -0.2) is 42.2 Å². The standard InChI is InChI=1S/C17H21ClN4O3/c1-3-9-22(10-4-2)17(24)12-25-21-15(19)11-16(23)20-14-8-6-5-7-13(14)18/h3-8H,1-2,9-12H2,(H2,19,21)(H,20,23). The second-order valence-electron chi connectivity index (χ2n) is 4.94. The number of nitrogens with one attached hydrogen (secondary N) is 1. The molecule has 25 heavy (non-hydrogen) atoms. The zero-order valence-corrected chi connectivity index (χ0v) is 14.5. The fraction of sp³-hybridized carbons (Fsp3) is 0.235. The number of amidine groups is 1. The second kappa shape index (κ2) is 10.9. The molecule has 0 aliphatic carbocycles. The van der Waals surface area contributed by atoms with Crippen molar-refractivity contribution in [3.05, 3.63) is 54.6 Å². The zero-order valence-electron chi connectivity index (χ0n) is 13.8. The van der Waals surface area contributed by atoms with Crippen LogP contribution < -0.4 is 11.1 Å². The Kier molecular flexibility index (Phi) is 8.81. The molecule has 0 fully saturated rings. The predicted octanol–water partition coefficient (Wildman–Crippen LogP) is 2.16. The SMILES string of the molecule is C=CCN(CC=C)C(=O)CON=C(N)CC(=O)Nc1ccccc1Cl. The number of nitrogens with two attached hydrogens (primary N) is 1. The highest BCUT2D eigenvalue weighted by molar-refractivity contribution is 6.33. The summed E-state index contributed by atoms with van der Waals surface area (Å²) in [6, 6.07) is 6.81. The lowest BCUT2D eigenvalue weighted by atomic mass is 10.3. The summed E-state index contributed by atoms with van der Waals surface area (Å²) in [6.07, 6.45) is 3.00. The van der Waals surface area contributed by atoms with E-state index in [4.69, 9.17) is 22.2 Å². The van der Waals surface area contributed by atoms with E-state index in [2.05, 4.69) is 23.6 Å². The van der Waals surface area contributed by atoms with Gasteiger partial charge in [0.2, 0.25) is 5.91 Å². The molecule has 0 aromatic heterocycles. The molecule has 0 aliphatic heterocycles. The molecule has 0 radical (unpaired) electrons. The average molecular weight is 365 g/mol. The Morgan fingerprint density at radius 3 is 2.52 bits per heavy atom. The molecule has 7 nitrogen and oxygen atoms in total.